The van der Waals surface area contributed by atoms with Gasteiger partial charge in [-0.25, -0.2) is 4.79 Å². The lowest BCUT2D eigenvalue weighted by Crippen LogP contribution is -2.32. The summed E-state index contributed by atoms with van der Waals surface area (Å²) in [5.41, 5.74) is 6.60. The molecule has 0 heterocycles. The van der Waals surface area contributed by atoms with Crippen molar-refractivity contribution in [1.29, 1.82) is 0 Å². The monoisotopic (exact) mass is 183 g/mol. The van der Waals surface area contributed by atoms with Crippen molar-refractivity contribution in [2.45, 2.75) is 32.7 Å². The third-order valence-electron chi connectivity index (χ3n) is 2.46. The molecule has 0 radical (unpaired) electrons. The highest BCUT2D eigenvalue weighted by atomic mass is 16.5. The van der Waals surface area contributed by atoms with Crippen LogP contribution in [0.2, 0.25) is 0 Å². The highest BCUT2D eigenvalue weighted by Crippen LogP contribution is 2.22. The molecule has 3 heteroatoms. The number of allylic oxidation sites excluding steroid dienone is 1. The van der Waals surface area contributed by atoms with Crippen LogP contribution >= 0.6 is 0 Å². The molecule has 1 aliphatic rings. The Balaban J connectivity index is 2.57. The van der Waals surface area contributed by atoms with Gasteiger partial charge in [-0.3, -0.25) is 0 Å². The van der Waals surface area contributed by atoms with Crippen LogP contribution in [0.5, 0.6) is 0 Å². The molecule has 0 bridgehead atoms. The molecule has 0 saturated heterocycles. The van der Waals surface area contributed by atoms with Gasteiger partial charge in [-0.1, -0.05) is 13.0 Å². The number of hydrogen-bond acceptors (Lipinski definition) is 3. The minimum absolute atomic E-state index is 0.101. The van der Waals surface area contributed by atoms with Gasteiger partial charge in [-0.05, 0) is 25.7 Å². The summed E-state index contributed by atoms with van der Waals surface area (Å²) in [4.78, 5) is 11.3. The third-order valence-corrected chi connectivity index (χ3v) is 2.46. The summed E-state index contributed by atoms with van der Waals surface area (Å²) in [6.45, 7) is 4.34. The van der Waals surface area contributed by atoms with E-state index in [1.165, 1.54) is 0 Å². The first-order valence-electron chi connectivity index (χ1n) is 4.77. The quantitative estimate of drug-likeness (QED) is 0.655. The zero-order valence-electron chi connectivity index (χ0n) is 8.25. The SMILES string of the molecule is CCOC(=O)C1=CC[C@H](C)[C@@H](N)C1. The Bertz CT molecular complexity index is 223. The summed E-state index contributed by atoms with van der Waals surface area (Å²) < 4.78 is 4.90. The van der Waals surface area contributed by atoms with Crippen molar-refractivity contribution in [3.63, 3.8) is 0 Å². The Morgan fingerprint density at radius 2 is 2.46 bits per heavy atom. The second-order valence-electron chi connectivity index (χ2n) is 3.53. The molecule has 0 aliphatic heterocycles. The van der Waals surface area contributed by atoms with Crippen molar-refractivity contribution < 1.29 is 9.53 Å². The van der Waals surface area contributed by atoms with E-state index < -0.39 is 0 Å². The smallest absolute Gasteiger partial charge is 0.333 e. The van der Waals surface area contributed by atoms with E-state index in [-0.39, 0.29) is 12.0 Å². The van der Waals surface area contributed by atoms with Gasteiger partial charge in [-0.15, -0.1) is 0 Å². The van der Waals surface area contributed by atoms with E-state index in [4.69, 9.17) is 10.5 Å². The number of carbonyl (C=O) groups excluding carboxylic acids is 1. The predicted molar refractivity (Wildman–Crippen MR) is 51.1 cm³/mol. The van der Waals surface area contributed by atoms with Crippen LogP contribution in [0.15, 0.2) is 11.6 Å². The molecular weight excluding hydrogens is 166 g/mol. The zero-order chi connectivity index (χ0) is 9.84. The maximum Gasteiger partial charge on any atom is 0.333 e. The van der Waals surface area contributed by atoms with Crippen LogP contribution in [-0.2, 0) is 9.53 Å². The zero-order valence-corrected chi connectivity index (χ0v) is 8.25. The molecule has 0 amide bonds. The Morgan fingerprint density at radius 1 is 1.77 bits per heavy atom. The van der Waals surface area contributed by atoms with Crippen LogP contribution in [0, 0.1) is 5.92 Å². The summed E-state index contributed by atoms with van der Waals surface area (Å²) in [5, 5.41) is 0. The van der Waals surface area contributed by atoms with Gasteiger partial charge in [0.05, 0.1) is 6.61 Å². The molecule has 74 valence electrons. The maximum absolute atomic E-state index is 11.3. The lowest BCUT2D eigenvalue weighted by Gasteiger charge is -2.24. The first-order valence-corrected chi connectivity index (χ1v) is 4.77. The van der Waals surface area contributed by atoms with Crippen LogP contribution in [0.3, 0.4) is 0 Å². The van der Waals surface area contributed by atoms with E-state index in [0.29, 0.717) is 18.9 Å². The van der Waals surface area contributed by atoms with Crippen molar-refractivity contribution in [2.24, 2.45) is 11.7 Å². The summed E-state index contributed by atoms with van der Waals surface area (Å²) in [7, 11) is 0. The number of ether oxygens (including phenoxy) is 1. The molecule has 13 heavy (non-hydrogen) atoms. The lowest BCUT2D eigenvalue weighted by atomic mass is 9.87. The molecule has 2 atom stereocenters. The van der Waals surface area contributed by atoms with E-state index in [9.17, 15) is 4.79 Å². The lowest BCUT2D eigenvalue weighted by molar-refractivity contribution is -0.138. The molecular formula is C10H17NO2. The first kappa shape index (κ1) is 10.3. The average molecular weight is 183 g/mol. The molecule has 0 aromatic heterocycles. The van der Waals surface area contributed by atoms with Gasteiger partial charge in [0.15, 0.2) is 0 Å². The van der Waals surface area contributed by atoms with E-state index >= 15 is 0 Å². The molecule has 0 fully saturated rings. The Morgan fingerprint density at radius 3 is 3.00 bits per heavy atom. The molecule has 0 saturated carbocycles. The van der Waals surface area contributed by atoms with Gasteiger partial charge in [0, 0.05) is 11.6 Å². The Kier molecular flexibility index (Phi) is 3.48. The average Bonchev–Trinajstić information content (AvgIpc) is 2.10. The largest absolute Gasteiger partial charge is 0.463 e. The summed E-state index contributed by atoms with van der Waals surface area (Å²) in [5.74, 6) is 0.267. The molecule has 0 aromatic rings. The number of rotatable bonds is 2. The van der Waals surface area contributed by atoms with E-state index in [1.807, 2.05) is 13.0 Å². The maximum atomic E-state index is 11.3. The second kappa shape index (κ2) is 4.42. The summed E-state index contributed by atoms with van der Waals surface area (Å²) in [6.07, 6.45) is 3.49. The second-order valence-corrected chi connectivity index (χ2v) is 3.53. The van der Waals surface area contributed by atoms with Gasteiger partial charge in [0.25, 0.3) is 0 Å². The molecule has 1 rings (SSSR count). The molecule has 0 unspecified atom stereocenters. The normalized spacial score (nSPS) is 28.1. The number of nitrogens with two attached hydrogens (primary N) is 1. The van der Waals surface area contributed by atoms with Gasteiger partial charge in [0.2, 0.25) is 0 Å². The van der Waals surface area contributed by atoms with Gasteiger partial charge in [0.1, 0.15) is 0 Å². The van der Waals surface area contributed by atoms with Crippen LogP contribution in [-0.4, -0.2) is 18.6 Å². The van der Waals surface area contributed by atoms with Crippen LogP contribution in [0.4, 0.5) is 0 Å². The van der Waals surface area contributed by atoms with E-state index in [0.717, 1.165) is 12.0 Å². The van der Waals surface area contributed by atoms with Crippen molar-refractivity contribution in [3.8, 4) is 0 Å². The first-order chi connectivity index (χ1) is 6.15. The minimum atomic E-state index is -0.204. The number of carbonyl (C=O) groups is 1. The topological polar surface area (TPSA) is 52.3 Å². The number of esters is 1. The molecule has 3 nitrogen and oxygen atoms in total. The van der Waals surface area contributed by atoms with E-state index in [1.54, 1.807) is 0 Å². The standard InChI is InChI=1S/C10H17NO2/c1-3-13-10(12)8-5-4-7(2)9(11)6-8/h5,7,9H,3-4,6,11H2,1-2H3/t7-,9-/m0/s1. The van der Waals surface area contributed by atoms with Gasteiger partial charge < -0.3 is 10.5 Å². The fourth-order valence-electron chi connectivity index (χ4n) is 1.43. The number of hydrogen-bond donors (Lipinski definition) is 1. The highest BCUT2D eigenvalue weighted by molar-refractivity contribution is 5.88. The molecule has 2 N–H and O–H groups in total. The fourth-order valence-corrected chi connectivity index (χ4v) is 1.43. The van der Waals surface area contributed by atoms with Crippen molar-refractivity contribution in [2.75, 3.05) is 6.61 Å². The van der Waals surface area contributed by atoms with E-state index in [2.05, 4.69) is 6.92 Å². The predicted octanol–water partition coefficient (Wildman–Crippen LogP) is 1.23. The summed E-state index contributed by atoms with van der Waals surface area (Å²) >= 11 is 0. The van der Waals surface area contributed by atoms with Crippen molar-refractivity contribution in [3.05, 3.63) is 11.6 Å². The Labute approximate surface area is 78.9 Å². The third kappa shape index (κ3) is 2.56. The molecule has 0 spiro atoms. The van der Waals surface area contributed by atoms with Crippen molar-refractivity contribution >= 4 is 5.97 Å². The van der Waals surface area contributed by atoms with Crippen LogP contribution in [0.25, 0.3) is 0 Å². The Hall–Kier alpha value is -0.830. The fraction of sp³-hybridized carbons (Fsp3) is 0.700. The molecule has 0 aromatic carbocycles. The molecule has 1 aliphatic carbocycles. The van der Waals surface area contributed by atoms with Crippen LogP contribution in [0.1, 0.15) is 26.7 Å². The van der Waals surface area contributed by atoms with Crippen LogP contribution < -0.4 is 5.73 Å². The van der Waals surface area contributed by atoms with Gasteiger partial charge in [-0.2, -0.15) is 0 Å². The van der Waals surface area contributed by atoms with Gasteiger partial charge >= 0.3 is 5.97 Å². The van der Waals surface area contributed by atoms with Crippen molar-refractivity contribution in [1.82, 2.24) is 0 Å². The summed E-state index contributed by atoms with van der Waals surface area (Å²) in [6, 6.07) is 0.101. The highest BCUT2D eigenvalue weighted by Gasteiger charge is 2.22. The minimum Gasteiger partial charge on any atom is -0.463 e.